The molecule has 0 bridgehead atoms. The monoisotopic (exact) mass is 350 g/mol. The van der Waals surface area contributed by atoms with Crippen LogP contribution in [0.15, 0.2) is 91.0 Å². The minimum absolute atomic E-state index is 0.374. The average molecular weight is 350 g/mol. The Kier molecular flexibility index (Phi) is 5.86. The molecule has 128 valence electrons. The molecule has 0 heterocycles. The van der Waals surface area contributed by atoms with Crippen molar-refractivity contribution in [2.45, 2.75) is 19.2 Å². The minimum Gasteiger partial charge on any atom is -0.370 e. The SMILES string of the molecule is CC(OCCc1ccccc1)P(=O)(c1ccccc1)c1ccccc1. The Morgan fingerprint density at radius 2 is 1.20 bits per heavy atom. The predicted molar refractivity (Wildman–Crippen MR) is 105 cm³/mol. The average Bonchev–Trinajstić information content (AvgIpc) is 2.69. The topological polar surface area (TPSA) is 26.3 Å². The minimum atomic E-state index is -2.86. The summed E-state index contributed by atoms with van der Waals surface area (Å²) in [6.45, 7) is 2.47. The van der Waals surface area contributed by atoms with Gasteiger partial charge < -0.3 is 9.30 Å². The zero-order valence-corrected chi connectivity index (χ0v) is 15.3. The zero-order chi connectivity index (χ0) is 17.5. The molecule has 0 aliphatic rings. The fourth-order valence-corrected chi connectivity index (χ4v) is 5.65. The first-order chi connectivity index (χ1) is 12.2. The summed E-state index contributed by atoms with van der Waals surface area (Å²) in [6.07, 6.45) is 0.814. The molecule has 3 heteroatoms. The van der Waals surface area contributed by atoms with E-state index in [9.17, 15) is 4.57 Å². The Balaban J connectivity index is 1.81. The van der Waals surface area contributed by atoms with Crippen LogP contribution in [0.4, 0.5) is 0 Å². The van der Waals surface area contributed by atoms with Gasteiger partial charge in [0.05, 0.1) is 6.61 Å². The standard InChI is InChI=1S/C22H23O2P/c1-19(24-18-17-20-11-5-2-6-12-20)25(23,21-13-7-3-8-14-21)22-15-9-4-10-16-22/h2-16,19H,17-18H2,1H3. The van der Waals surface area contributed by atoms with Crippen molar-refractivity contribution in [1.82, 2.24) is 0 Å². The fourth-order valence-electron chi connectivity index (χ4n) is 2.96. The van der Waals surface area contributed by atoms with Crippen LogP contribution in [0.2, 0.25) is 0 Å². The summed E-state index contributed by atoms with van der Waals surface area (Å²) in [5.41, 5.74) is 1.23. The van der Waals surface area contributed by atoms with E-state index in [0.717, 1.165) is 17.0 Å². The molecule has 0 aromatic heterocycles. The second-order valence-electron chi connectivity index (χ2n) is 6.03. The summed E-state index contributed by atoms with van der Waals surface area (Å²) in [6, 6.07) is 29.6. The van der Waals surface area contributed by atoms with Gasteiger partial charge in [-0.2, -0.15) is 0 Å². The molecule has 1 unspecified atom stereocenters. The molecular weight excluding hydrogens is 327 g/mol. The van der Waals surface area contributed by atoms with Gasteiger partial charge in [0, 0.05) is 10.6 Å². The molecular formula is C22H23O2P. The van der Waals surface area contributed by atoms with E-state index in [4.69, 9.17) is 4.74 Å². The van der Waals surface area contributed by atoms with E-state index in [0.29, 0.717) is 6.61 Å². The maximum absolute atomic E-state index is 14.0. The van der Waals surface area contributed by atoms with Crippen molar-refractivity contribution in [3.63, 3.8) is 0 Å². The molecule has 0 amide bonds. The van der Waals surface area contributed by atoms with Gasteiger partial charge in [0.1, 0.15) is 5.85 Å². The van der Waals surface area contributed by atoms with Crippen LogP contribution in [0.3, 0.4) is 0 Å². The lowest BCUT2D eigenvalue weighted by molar-refractivity contribution is 0.120. The Hall–Kier alpha value is -2.15. The Bertz CT molecular complexity index is 773. The van der Waals surface area contributed by atoms with E-state index >= 15 is 0 Å². The summed E-state index contributed by atoms with van der Waals surface area (Å²) in [4.78, 5) is 0. The van der Waals surface area contributed by atoms with E-state index in [1.807, 2.05) is 85.8 Å². The smallest absolute Gasteiger partial charge is 0.170 e. The molecule has 0 spiro atoms. The highest BCUT2D eigenvalue weighted by molar-refractivity contribution is 7.79. The molecule has 2 nitrogen and oxygen atoms in total. The van der Waals surface area contributed by atoms with E-state index < -0.39 is 7.14 Å². The largest absolute Gasteiger partial charge is 0.370 e. The van der Waals surface area contributed by atoms with Gasteiger partial charge in [0.15, 0.2) is 7.14 Å². The normalized spacial score (nSPS) is 12.7. The van der Waals surface area contributed by atoms with Crippen molar-refractivity contribution in [3.8, 4) is 0 Å². The summed E-state index contributed by atoms with van der Waals surface area (Å²) >= 11 is 0. The second-order valence-corrected chi connectivity index (χ2v) is 9.11. The third kappa shape index (κ3) is 4.10. The molecule has 25 heavy (non-hydrogen) atoms. The lowest BCUT2D eigenvalue weighted by Crippen LogP contribution is -2.26. The van der Waals surface area contributed by atoms with Crippen LogP contribution in [-0.2, 0) is 15.7 Å². The zero-order valence-electron chi connectivity index (χ0n) is 14.4. The van der Waals surface area contributed by atoms with Crippen LogP contribution in [0, 0.1) is 0 Å². The Labute approximate surface area is 149 Å². The van der Waals surface area contributed by atoms with Gasteiger partial charge in [0.25, 0.3) is 0 Å². The number of rotatable bonds is 7. The summed E-state index contributed by atoms with van der Waals surface area (Å²) in [5.74, 6) is -0.374. The van der Waals surface area contributed by atoms with Crippen LogP contribution in [0.1, 0.15) is 12.5 Å². The van der Waals surface area contributed by atoms with Gasteiger partial charge in [-0.05, 0) is 18.9 Å². The van der Waals surface area contributed by atoms with Crippen molar-refractivity contribution in [2.24, 2.45) is 0 Å². The van der Waals surface area contributed by atoms with Gasteiger partial charge in [-0.15, -0.1) is 0 Å². The molecule has 0 fully saturated rings. The van der Waals surface area contributed by atoms with Gasteiger partial charge in [-0.1, -0.05) is 91.0 Å². The van der Waals surface area contributed by atoms with Crippen molar-refractivity contribution < 1.29 is 9.30 Å². The summed E-state index contributed by atoms with van der Waals surface area (Å²) in [5, 5.41) is 1.68. The van der Waals surface area contributed by atoms with Crippen LogP contribution >= 0.6 is 7.14 Å². The first kappa shape index (κ1) is 17.7. The maximum atomic E-state index is 14.0. The van der Waals surface area contributed by atoms with Crippen molar-refractivity contribution >= 4 is 17.8 Å². The molecule has 0 saturated heterocycles. The molecule has 0 saturated carbocycles. The number of hydrogen-bond donors (Lipinski definition) is 0. The quantitative estimate of drug-likeness (QED) is 0.582. The van der Waals surface area contributed by atoms with Gasteiger partial charge in [-0.25, -0.2) is 0 Å². The Morgan fingerprint density at radius 3 is 1.68 bits per heavy atom. The van der Waals surface area contributed by atoms with E-state index in [2.05, 4.69) is 12.1 Å². The predicted octanol–water partition coefficient (Wildman–Crippen LogP) is 4.61. The maximum Gasteiger partial charge on any atom is 0.170 e. The number of ether oxygens (including phenoxy) is 1. The number of hydrogen-bond acceptors (Lipinski definition) is 2. The highest BCUT2D eigenvalue weighted by Crippen LogP contribution is 2.48. The molecule has 3 rings (SSSR count). The number of benzene rings is 3. The summed E-state index contributed by atoms with van der Waals surface area (Å²) in [7, 11) is -2.86. The molecule has 0 aliphatic heterocycles. The molecule has 3 aromatic rings. The van der Waals surface area contributed by atoms with Crippen LogP contribution in [0.5, 0.6) is 0 Å². The second kappa shape index (κ2) is 8.29. The van der Waals surface area contributed by atoms with Gasteiger partial charge in [-0.3, -0.25) is 0 Å². The first-order valence-corrected chi connectivity index (χ1v) is 10.4. The van der Waals surface area contributed by atoms with Crippen molar-refractivity contribution in [1.29, 1.82) is 0 Å². The van der Waals surface area contributed by atoms with Crippen molar-refractivity contribution in [3.05, 3.63) is 96.6 Å². The van der Waals surface area contributed by atoms with E-state index in [1.54, 1.807) is 0 Å². The molecule has 3 aromatic carbocycles. The lowest BCUT2D eigenvalue weighted by atomic mass is 10.2. The lowest BCUT2D eigenvalue weighted by Gasteiger charge is -2.26. The van der Waals surface area contributed by atoms with Crippen LogP contribution in [0.25, 0.3) is 0 Å². The van der Waals surface area contributed by atoms with Gasteiger partial charge >= 0.3 is 0 Å². The third-order valence-electron chi connectivity index (χ3n) is 4.38. The highest BCUT2D eigenvalue weighted by Gasteiger charge is 2.34. The van der Waals surface area contributed by atoms with Gasteiger partial charge in [0.2, 0.25) is 0 Å². The first-order valence-electron chi connectivity index (χ1n) is 8.58. The fraction of sp³-hybridized carbons (Fsp3) is 0.182. The summed E-state index contributed by atoms with van der Waals surface area (Å²) < 4.78 is 20.1. The molecule has 1 atom stereocenters. The third-order valence-corrected chi connectivity index (χ3v) is 7.69. The van der Waals surface area contributed by atoms with E-state index in [1.165, 1.54) is 5.56 Å². The highest BCUT2D eigenvalue weighted by atomic mass is 31.2. The molecule has 0 radical (unpaired) electrons. The van der Waals surface area contributed by atoms with Crippen LogP contribution in [-0.4, -0.2) is 12.5 Å². The van der Waals surface area contributed by atoms with Crippen LogP contribution < -0.4 is 10.6 Å². The van der Waals surface area contributed by atoms with E-state index in [-0.39, 0.29) is 5.85 Å². The Morgan fingerprint density at radius 1 is 0.760 bits per heavy atom. The molecule has 0 aliphatic carbocycles. The van der Waals surface area contributed by atoms with Crippen molar-refractivity contribution in [2.75, 3.05) is 6.61 Å². The molecule has 0 N–H and O–H groups in total.